The minimum Gasteiger partial charge on any atom is -0.399 e. The molecule has 0 bridgehead atoms. The van der Waals surface area contributed by atoms with Gasteiger partial charge < -0.3 is 11.1 Å². The van der Waals surface area contributed by atoms with Crippen LogP contribution in [0.4, 0.5) is 5.69 Å². The minimum absolute atomic E-state index is 0.0344. The van der Waals surface area contributed by atoms with E-state index >= 15 is 0 Å². The number of nitrogen functional groups attached to an aromatic ring is 1. The van der Waals surface area contributed by atoms with Crippen molar-refractivity contribution in [2.75, 3.05) is 17.2 Å². The van der Waals surface area contributed by atoms with Crippen molar-refractivity contribution in [3.63, 3.8) is 0 Å². The number of anilines is 1. The Kier molecular flexibility index (Phi) is 3.30. The van der Waals surface area contributed by atoms with E-state index < -0.39 is 9.84 Å². The highest BCUT2D eigenvalue weighted by Crippen LogP contribution is 2.15. The molecular formula is C12H16N2O3S. The van der Waals surface area contributed by atoms with Crippen molar-refractivity contribution in [2.45, 2.75) is 19.4 Å². The molecule has 0 aliphatic carbocycles. The Labute approximate surface area is 106 Å². The van der Waals surface area contributed by atoms with Crippen LogP contribution >= 0.6 is 0 Å². The van der Waals surface area contributed by atoms with Crippen LogP contribution in [0.1, 0.15) is 22.3 Å². The van der Waals surface area contributed by atoms with E-state index in [-0.39, 0.29) is 23.5 Å². The predicted octanol–water partition coefficient (Wildman–Crippen LogP) is 0.494. The van der Waals surface area contributed by atoms with Gasteiger partial charge in [0.05, 0.1) is 11.5 Å². The normalized spacial score (nSPS) is 21.7. The van der Waals surface area contributed by atoms with Gasteiger partial charge in [0.15, 0.2) is 9.84 Å². The van der Waals surface area contributed by atoms with Crippen LogP contribution in [0.5, 0.6) is 0 Å². The molecular weight excluding hydrogens is 252 g/mol. The van der Waals surface area contributed by atoms with Gasteiger partial charge in [-0.25, -0.2) is 8.42 Å². The van der Waals surface area contributed by atoms with Gasteiger partial charge in [-0.05, 0) is 37.1 Å². The molecule has 1 amide bonds. The molecule has 0 saturated carbocycles. The number of aryl methyl sites for hydroxylation is 1. The summed E-state index contributed by atoms with van der Waals surface area (Å²) in [7, 11) is -2.97. The Morgan fingerprint density at radius 1 is 1.44 bits per heavy atom. The molecule has 18 heavy (non-hydrogen) atoms. The molecule has 1 aliphatic rings. The number of hydrogen-bond donors (Lipinski definition) is 2. The van der Waals surface area contributed by atoms with Gasteiger partial charge in [-0.3, -0.25) is 4.79 Å². The molecule has 98 valence electrons. The number of nitrogens with two attached hydrogens (primary N) is 1. The zero-order valence-electron chi connectivity index (χ0n) is 10.1. The molecule has 5 nitrogen and oxygen atoms in total. The molecule has 1 heterocycles. The summed E-state index contributed by atoms with van der Waals surface area (Å²) < 4.78 is 22.6. The van der Waals surface area contributed by atoms with Crippen molar-refractivity contribution in [2.24, 2.45) is 0 Å². The molecule has 2 rings (SSSR count). The van der Waals surface area contributed by atoms with Crippen LogP contribution in [-0.2, 0) is 9.84 Å². The number of amides is 1. The molecule has 3 N–H and O–H groups in total. The lowest BCUT2D eigenvalue weighted by Crippen LogP contribution is -2.35. The van der Waals surface area contributed by atoms with Crippen LogP contribution in [0, 0.1) is 6.92 Å². The molecule has 1 atom stereocenters. The van der Waals surface area contributed by atoms with Gasteiger partial charge >= 0.3 is 0 Å². The Bertz CT molecular complexity index is 581. The number of rotatable bonds is 2. The Hall–Kier alpha value is -1.56. The van der Waals surface area contributed by atoms with Crippen molar-refractivity contribution >= 4 is 21.4 Å². The lowest BCUT2D eigenvalue weighted by Gasteiger charge is -2.11. The third-order valence-electron chi connectivity index (χ3n) is 3.10. The molecule has 1 aromatic carbocycles. The first kappa shape index (κ1) is 12.9. The average molecular weight is 268 g/mol. The molecule has 1 aliphatic heterocycles. The van der Waals surface area contributed by atoms with Gasteiger partial charge in [-0.15, -0.1) is 0 Å². The van der Waals surface area contributed by atoms with Gasteiger partial charge in [0.2, 0.25) is 0 Å². The van der Waals surface area contributed by atoms with Crippen LogP contribution < -0.4 is 11.1 Å². The Morgan fingerprint density at radius 2 is 2.17 bits per heavy atom. The highest BCUT2D eigenvalue weighted by molar-refractivity contribution is 7.91. The summed E-state index contributed by atoms with van der Waals surface area (Å²) in [5.74, 6) is -0.0639. The van der Waals surface area contributed by atoms with E-state index in [9.17, 15) is 13.2 Å². The van der Waals surface area contributed by atoms with Crippen molar-refractivity contribution < 1.29 is 13.2 Å². The number of carbonyl (C=O) groups is 1. The summed E-state index contributed by atoms with van der Waals surface area (Å²) in [5.41, 5.74) is 7.65. The molecule has 0 aromatic heterocycles. The van der Waals surface area contributed by atoms with Gasteiger partial charge in [0.1, 0.15) is 0 Å². The molecule has 1 fully saturated rings. The summed E-state index contributed by atoms with van der Waals surface area (Å²) in [6.45, 7) is 1.83. The Morgan fingerprint density at radius 3 is 2.72 bits per heavy atom. The molecule has 0 spiro atoms. The van der Waals surface area contributed by atoms with E-state index in [2.05, 4.69) is 5.32 Å². The van der Waals surface area contributed by atoms with E-state index in [0.717, 1.165) is 5.56 Å². The van der Waals surface area contributed by atoms with Gasteiger partial charge in [0, 0.05) is 17.3 Å². The number of nitrogens with one attached hydrogen (secondary N) is 1. The van der Waals surface area contributed by atoms with Crippen LogP contribution in [0.3, 0.4) is 0 Å². The lowest BCUT2D eigenvalue weighted by molar-refractivity contribution is 0.0941. The third-order valence-corrected chi connectivity index (χ3v) is 4.87. The monoisotopic (exact) mass is 268 g/mol. The van der Waals surface area contributed by atoms with Gasteiger partial charge in [-0.2, -0.15) is 0 Å². The van der Waals surface area contributed by atoms with Crippen molar-refractivity contribution in [1.29, 1.82) is 0 Å². The summed E-state index contributed by atoms with van der Waals surface area (Å²) in [5, 5.41) is 2.74. The fraction of sp³-hybridized carbons (Fsp3) is 0.417. The highest BCUT2D eigenvalue weighted by Gasteiger charge is 2.29. The smallest absolute Gasteiger partial charge is 0.251 e. The molecule has 0 radical (unpaired) electrons. The number of sulfone groups is 1. The SMILES string of the molecule is Cc1cc(C(=O)NC2CCS(=O)(=O)C2)ccc1N. The van der Waals surface area contributed by atoms with Crippen LogP contribution in [-0.4, -0.2) is 31.9 Å². The van der Waals surface area contributed by atoms with E-state index in [1.54, 1.807) is 18.2 Å². The second-order valence-electron chi connectivity index (χ2n) is 4.64. The second-order valence-corrected chi connectivity index (χ2v) is 6.87. The minimum atomic E-state index is -2.97. The number of hydrogen-bond acceptors (Lipinski definition) is 4. The maximum atomic E-state index is 11.9. The maximum Gasteiger partial charge on any atom is 0.251 e. The molecule has 1 unspecified atom stereocenters. The van der Waals surface area contributed by atoms with Crippen LogP contribution in [0.25, 0.3) is 0 Å². The number of carbonyl (C=O) groups excluding carboxylic acids is 1. The van der Waals surface area contributed by atoms with Crippen molar-refractivity contribution in [3.05, 3.63) is 29.3 Å². The third kappa shape index (κ3) is 2.81. The fourth-order valence-corrected chi connectivity index (χ4v) is 3.67. The van der Waals surface area contributed by atoms with Crippen LogP contribution in [0.2, 0.25) is 0 Å². The standard InChI is InChI=1S/C12H16N2O3S/c1-8-6-9(2-3-11(8)13)12(15)14-10-4-5-18(16,17)7-10/h2-3,6,10H,4-5,7,13H2,1H3,(H,14,15). The largest absolute Gasteiger partial charge is 0.399 e. The van der Waals surface area contributed by atoms with Gasteiger partial charge in [-0.1, -0.05) is 0 Å². The summed E-state index contributed by atoms with van der Waals surface area (Å²) in [6, 6.07) is 4.74. The number of benzene rings is 1. The summed E-state index contributed by atoms with van der Waals surface area (Å²) in [6.07, 6.45) is 0.488. The Balaban J connectivity index is 2.06. The lowest BCUT2D eigenvalue weighted by atomic mass is 10.1. The summed E-state index contributed by atoms with van der Waals surface area (Å²) >= 11 is 0. The first-order valence-electron chi connectivity index (χ1n) is 5.75. The zero-order valence-corrected chi connectivity index (χ0v) is 11.0. The maximum absolute atomic E-state index is 11.9. The molecule has 1 aromatic rings. The van der Waals surface area contributed by atoms with E-state index in [1.807, 2.05) is 6.92 Å². The van der Waals surface area contributed by atoms with Gasteiger partial charge in [0.25, 0.3) is 5.91 Å². The predicted molar refractivity (Wildman–Crippen MR) is 70.1 cm³/mol. The topological polar surface area (TPSA) is 89.3 Å². The van der Waals surface area contributed by atoms with E-state index in [0.29, 0.717) is 17.7 Å². The quantitative estimate of drug-likeness (QED) is 0.764. The van der Waals surface area contributed by atoms with Crippen molar-refractivity contribution in [3.8, 4) is 0 Å². The van der Waals surface area contributed by atoms with Crippen molar-refractivity contribution in [1.82, 2.24) is 5.32 Å². The average Bonchev–Trinajstić information content (AvgIpc) is 2.62. The highest BCUT2D eigenvalue weighted by atomic mass is 32.2. The van der Waals surface area contributed by atoms with E-state index in [1.165, 1.54) is 0 Å². The zero-order chi connectivity index (χ0) is 13.3. The first-order valence-corrected chi connectivity index (χ1v) is 7.57. The molecule has 1 saturated heterocycles. The van der Waals surface area contributed by atoms with Crippen LogP contribution in [0.15, 0.2) is 18.2 Å². The second kappa shape index (κ2) is 4.61. The summed E-state index contributed by atoms with van der Waals surface area (Å²) in [4.78, 5) is 11.9. The van der Waals surface area contributed by atoms with E-state index in [4.69, 9.17) is 5.73 Å². The first-order chi connectivity index (χ1) is 8.37. The molecule has 6 heteroatoms. The fourth-order valence-electron chi connectivity index (χ4n) is 1.99.